The van der Waals surface area contributed by atoms with Gasteiger partial charge in [-0.1, -0.05) is 0 Å². The molecule has 0 aliphatic carbocycles. The smallest absolute Gasteiger partial charge is 0.759 e. The molecule has 0 rings (SSSR count). The zero-order valence-corrected chi connectivity index (χ0v) is 5.98. The van der Waals surface area contributed by atoms with Crippen molar-refractivity contribution in [2.45, 2.75) is 0 Å². The van der Waals surface area contributed by atoms with E-state index < -0.39 is 10.4 Å². The van der Waals surface area contributed by atoms with Gasteiger partial charge in [0.25, 0.3) is 0 Å². The van der Waals surface area contributed by atoms with Crippen LogP contribution >= 0.6 is 0 Å². The first-order valence-corrected chi connectivity index (χ1v) is 2.00. The second-order valence-electron chi connectivity index (χ2n) is 0.408. The van der Waals surface area contributed by atoms with Gasteiger partial charge in [-0.2, -0.15) is 0 Å². The maximum absolute atomic E-state index is 8.52. The minimum absolute atomic E-state index is 0. The van der Waals surface area contributed by atoms with Crippen LogP contribution < -0.4 is 6.15 Å². The molecule has 5 nitrogen and oxygen atoms in total. The van der Waals surface area contributed by atoms with Gasteiger partial charge in [-0.15, -0.1) is 0 Å². The fourth-order valence-corrected chi connectivity index (χ4v) is 0. The van der Waals surface area contributed by atoms with Gasteiger partial charge in [0.15, 0.2) is 0 Å². The van der Waals surface area contributed by atoms with Crippen molar-refractivity contribution in [1.29, 1.82) is 0 Å². The van der Waals surface area contributed by atoms with Crippen molar-refractivity contribution in [3.05, 3.63) is 0 Å². The van der Waals surface area contributed by atoms with Crippen molar-refractivity contribution >= 4 is 10.4 Å². The molecule has 0 heterocycles. The summed E-state index contributed by atoms with van der Waals surface area (Å²) in [7, 11) is -5.17. The average molecular weight is 209 g/mol. The van der Waals surface area contributed by atoms with Crippen LogP contribution in [0.15, 0.2) is 0 Å². The summed E-state index contributed by atoms with van der Waals surface area (Å²) in [5, 5.41) is 0. The number of hydrogen-bond donors (Lipinski definition) is 1. The van der Waals surface area contributed by atoms with Crippen LogP contribution in [0.4, 0.5) is 0 Å². The van der Waals surface area contributed by atoms with Crippen LogP contribution in [0.25, 0.3) is 0 Å². The minimum Gasteiger partial charge on any atom is -0.759 e. The molecule has 0 aromatic rings. The molecule has 0 bridgehead atoms. The predicted octanol–water partition coefficient (Wildman–Crippen LogP) is -1.18. The van der Waals surface area contributed by atoms with Crippen molar-refractivity contribution in [3.8, 4) is 0 Å². The van der Waals surface area contributed by atoms with Gasteiger partial charge in [0, 0.05) is 10.4 Å². The molecule has 0 aliphatic rings. The molecule has 0 atom stereocenters. The van der Waals surface area contributed by atoms with Crippen molar-refractivity contribution in [1.82, 2.24) is 6.15 Å². The van der Waals surface area contributed by atoms with Crippen molar-refractivity contribution in [2.24, 2.45) is 0 Å². The Labute approximate surface area is 55.5 Å². The molecule has 0 spiro atoms. The monoisotopic (exact) mass is 211 g/mol. The van der Waals surface area contributed by atoms with Crippen LogP contribution in [0.5, 0.6) is 0 Å². The van der Waals surface area contributed by atoms with E-state index in [2.05, 4.69) is 0 Å². The maximum atomic E-state index is 8.52. The van der Waals surface area contributed by atoms with E-state index in [9.17, 15) is 0 Å². The van der Waals surface area contributed by atoms with Crippen LogP contribution in [-0.4, -0.2) is 17.5 Å². The normalized spacial score (nSPS) is 8.29. The predicted molar refractivity (Wildman–Crippen MR) is 15.5 cm³/mol. The summed E-state index contributed by atoms with van der Waals surface area (Å²) in [6, 6.07) is 0. The van der Waals surface area contributed by atoms with Crippen molar-refractivity contribution in [2.75, 3.05) is 0 Å². The summed E-state index contributed by atoms with van der Waals surface area (Å²) >= 11 is 0. The van der Waals surface area contributed by atoms with Gasteiger partial charge < -0.3 is 15.3 Å². The van der Waals surface area contributed by atoms with Gasteiger partial charge in [0.05, 0.1) is 0 Å². The molecular formula is H3MoNO4S+2. The van der Waals surface area contributed by atoms with E-state index in [0.717, 1.165) is 0 Å². The third-order valence-electron chi connectivity index (χ3n) is 0. The Hall–Kier alpha value is 0.518. The Morgan fingerprint density at radius 2 is 1.14 bits per heavy atom. The topological polar surface area (TPSA) is 115 Å². The van der Waals surface area contributed by atoms with E-state index in [1.807, 2.05) is 0 Å². The first-order chi connectivity index (χ1) is 2.00. The van der Waals surface area contributed by atoms with E-state index in [1.165, 1.54) is 0 Å². The molecule has 0 radical (unpaired) electrons. The second-order valence-corrected chi connectivity index (χ2v) is 1.22. The zero-order valence-electron chi connectivity index (χ0n) is 3.16. The molecule has 0 fully saturated rings. The Bertz CT molecular complexity index is 94.9. The SMILES string of the molecule is N.O=S(=O)([O-])[O-].[Mo+4]. The van der Waals surface area contributed by atoms with Gasteiger partial charge in [0.2, 0.25) is 0 Å². The van der Waals surface area contributed by atoms with Crippen LogP contribution in [0.2, 0.25) is 0 Å². The van der Waals surface area contributed by atoms with E-state index >= 15 is 0 Å². The molecular weight excluding hydrogens is 206 g/mol. The third kappa shape index (κ3) is 495. The standard InChI is InChI=1S/Mo.H3N.H2O4S/c;;1-5(2,3)4/h;1H3;(H2,1,2,3,4)/q+4;;/p-2. The van der Waals surface area contributed by atoms with E-state index in [1.54, 1.807) is 0 Å². The van der Waals surface area contributed by atoms with E-state index in [4.69, 9.17) is 17.5 Å². The van der Waals surface area contributed by atoms with Crippen LogP contribution in [-0.2, 0) is 31.5 Å². The maximum Gasteiger partial charge on any atom is 4.00 e. The van der Waals surface area contributed by atoms with Crippen molar-refractivity contribution < 1.29 is 38.6 Å². The van der Waals surface area contributed by atoms with Gasteiger partial charge in [-0.3, -0.25) is 8.42 Å². The first-order valence-electron chi connectivity index (χ1n) is 0.667. The number of hydrogen-bond acceptors (Lipinski definition) is 5. The molecule has 0 amide bonds. The Kier molecular flexibility index (Phi) is 10.4. The molecule has 0 saturated carbocycles. The van der Waals surface area contributed by atoms with Gasteiger partial charge in [0.1, 0.15) is 0 Å². The molecule has 7 heavy (non-hydrogen) atoms. The summed E-state index contributed by atoms with van der Waals surface area (Å²) in [6.45, 7) is 0. The van der Waals surface area contributed by atoms with Gasteiger partial charge in [-0.25, -0.2) is 0 Å². The Morgan fingerprint density at radius 1 is 1.14 bits per heavy atom. The minimum atomic E-state index is -5.17. The molecule has 42 valence electrons. The molecule has 0 aromatic carbocycles. The number of rotatable bonds is 0. The molecule has 0 aromatic heterocycles. The molecule has 7 heteroatoms. The summed E-state index contributed by atoms with van der Waals surface area (Å²) in [4.78, 5) is 0. The van der Waals surface area contributed by atoms with E-state index in [-0.39, 0.29) is 27.2 Å². The summed E-state index contributed by atoms with van der Waals surface area (Å²) in [6.07, 6.45) is 0. The zero-order chi connectivity index (χ0) is 4.50. The molecule has 0 unspecified atom stereocenters. The Morgan fingerprint density at radius 3 is 1.14 bits per heavy atom. The summed E-state index contributed by atoms with van der Waals surface area (Å²) in [5.74, 6) is 0. The fraction of sp³-hybridized carbons (Fsp3) is 0. The molecule has 0 saturated heterocycles. The first kappa shape index (κ1) is 15.6. The third-order valence-corrected chi connectivity index (χ3v) is 0. The quantitative estimate of drug-likeness (QED) is 0.306. The fourth-order valence-electron chi connectivity index (χ4n) is 0. The molecule has 0 aliphatic heterocycles. The van der Waals surface area contributed by atoms with Crippen LogP contribution in [0.3, 0.4) is 0 Å². The van der Waals surface area contributed by atoms with Gasteiger partial charge in [-0.05, 0) is 0 Å². The van der Waals surface area contributed by atoms with Crippen LogP contribution in [0, 0.1) is 0 Å². The Balaban J connectivity index is -0.0000000800. The van der Waals surface area contributed by atoms with E-state index in [0.29, 0.717) is 0 Å². The van der Waals surface area contributed by atoms with Gasteiger partial charge >= 0.3 is 21.1 Å². The summed E-state index contributed by atoms with van der Waals surface area (Å²) < 4.78 is 34.1. The second kappa shape index (κ2) is 4.67. The summed E-state index contributed by atoms with van der Waals surface area (Å²) in [5.41, 5.74) is 0. The largest absolute Gasteiger partial charge is 4.00 e. The molecule has 3 N–H and O–H groups in total. The van der Waals surface area contributed by atoms with Crippen LogP contribution in [0.1, 0.15) is 0 Å². The van der Waals surface area contributed by atoms with Crippen molar-refractivity contribution in [3.63, 3.8) is 0 Å². The average Bonchev–Trinajstić information content (AvgIpc) is 0.722.